The molecule has 3 rings (SSSR count). The Morgan fingerprint density at radius 1 is 1.26 bits per heavy atom. The van der Waals surface area contributed by atoms with Crippen LogP contribution in [0.3, 0.4) is 0 Å². The molecule has 6 nitrogen and oxygen atoms in total. The van der Waals surface area contributed by atoms with E-state index in [1.54, 1.807) is 23.0 Å². The molecule has 0 aliphatic rings. The fourth-order valence-electron chi connectivity index (χ4n) is 2.28. The van der Waals surface area contributed by atoms with Gasteiger partial charge in [-0.2, -0.15) is 10.4 Å². The summed E-state index contributed by atoms with van der Waals surface area (Å²) in [5.41, 5.74) is 8.90. The zero-order valence-electron chi connectivity index (χ0n) is 12.3. The third-order valence-electron chi connectivity index (χ3n) is 3.35. The molecule has 0 amide bonds. The summed E-state index contributed by atoms with van der Waals surface area (Å²) in [7, 11) is 1.82. The molecular formula is C16H13ClN6. The van der Waals surface area contributed by atoms with Crippen LogP contribution in [-0.2, 0) is 7.05 Å². The number of rotatable bonds is 1. The lowest BCUT2D eigenvalue weighted by Crippen LogP contribution is -1.94. The fraction of sp³-hybridized carbons (Fsp3) is 0.0625. The van der Waals surface area contributed by atoms with Crippen molar-refractivity contribution in [1.82, 2.24) is 19.7 Å². The molecule has 0 unspecified atom stereocenters. The first-order valence-electron chi connectivity index (χ1n) is 6.80. The van der Waals surface area contributed by atoms with Gasteiger partial charge in [-0.15, -0.1) is 0 Å². The number of halogens is 1. The van der Waals surface area contributed by atoms with Gasteiger partial charge in [0.1, 0.15) is 22.3 Å². The fourth-order valence-corrected chi connectivity index (χ4v) is 2.46. The van der Waals surface area contributed by atoms with Gasteiger partial charge >= 0.3 is 0 Å². The Bertz CT molecular complexity index is 961. The molecule has 114 valence electrons. The lowest BCUT2D eigenvalue weighted by molar-refractivity contribution is 0.790. The van der Waals surface area contributed by atoms with E-state index in [-0.39, 0.29) is 5.15 Å². The van der Waals surface area contributed by atoms with Gasteiger partial charge in [-0.25, -0.2) is 4.98 Å². The zero-order valence-corrected chi connectivity index (χ0v) is 13.0. The van der Waals surface area contributed by atoms with Gasteiger partial charge in [0.15, 0.2) is 0 Å². The highest BCUT2D eigenvalue weighted by molar-refractivity contribution is 6.29. The van der Waals surface area contributed by atoms with Crippen molar-refractivity contribution >= 4 is 28.5 Å². The number of benzene rings is 1. The molecule has 0 saturated heterocycles. The van der Waals surface area contributed by atoms with Crippen molar-refractivity contribution in [3.63, 3.8) is 0 Å². The van der Waals surface area contributed by atoms with Gasteiger partial charge in [-0.3, -0.25) is 4.68 Å². The number of nitrogens with zero attached hydrogens (tertiary/aromatic N) is 4. The van der Waals surface area contributed by atoms with Crippen LogP contribution in [0.1, 0.15) is 5.56 Å². The van der Waals surface area contributed by atoms with Gasteiger partial charge in [0, 0.05) is 30.3 Å². The molecule has 0 aliphatic carbocycles. The number of aromatic amines is 1. The molecule has 3 N–H and O–H groups in total. The van der Waals surface area contributed by atoms with Crippen molar-refractivity contribution < 1.29 is 0 Å². The van der Waals surface area contributed by atoms with Crippen LogP contribution in [0.2, 0.25) is 5.15 Å². The molecule has 2 heterocycles. The molecule has 1 aromatic carbocycles. The first kappa shape index (κ1) is 14.9. The van der Waals surface area contributed by atoms with Gasteiger partial charge in [0.2, 0.25) is 0 Å². The molecule has 7 heteroatoms. The van der Waals surface area contributed by atoms with Gasteiger partial charge in [0.05, 0.1) is 11.6 Å². The number of hydrogen-bond acceptors (Lipinski definition) is 4. The predicted molar refractivity (Wildman–Crippen MR) is 90.1 cm³/mol. The van der Waals surface area contributed by atoms with Gasteiger partial charge in [-0.1, -0.05) is 23.7 Å². The minimum Gasteiger partial charge on any atom is -0.385 e. The van der Waals surface area contributed by atoms with Gasteiger partial charge in [-0.05, 0) is 18.2 Å². The summed E-state index contributed by atoms with van der Waals surface area (Å²) >= 11 is 5.95. The second-order valence-corrected chi connectivity index (χ2v) is 5.30. The maximum Gasteiger partial charge on any atom is 0.137 e. The first-order valence-corrected chi connectivity index (χ1v) is 7.18. The standard InChI is InChI=1S/C16H13ClN6/c1-23-16-12(6-7-20-13(17)8-14(19)21-16)15(22-23)11-4-2-10(9-18)3-5-11/h2-8,21H,19H2,1H3. The minimum absolute atomic E-state index is 0.284. The van der Waals surface area contributed by atoms with Crippen LogP contribution in [0, 0.1) is 11.3 Å². The van der Waals surface area contributed by atoms with Gasteiger partial charge < -0.3 is 10.7 Å². The molecule has 0 spiro atoms. The van der Waals surface area contributed by atoms with Crippen LogP contribution in [0.5, 0.6) is 0 Å². The van der Waals surface area contributed by atoms with E-state index in [0.29, 0.717) is 11.4 Å². The molecule has 2 aromatic heterocycles. The van der Waals surface area contributed by atoms with Crippen LogP contribution in [0.4, 0.5) is 5.82 Å². The summed E-state index contributed by atoms with van der Waals surface area (Å²) in [6.45, 7) is 0. The topological polar surface area (TPSA) is 96.3 Å². The molecule has 0 bridgehead atoms. The summed E-state index contributed by atoms with van der Waals surface area (Å²) in [6.07, 6.45) is 1.60. The number of H-pyrrole nitrogens is 1. The molecule has 3 aromatic rings. The van der Waals surface area contributed by atoms with E-state index in [4.69, 9.17) is 22.6 Å². The number of aromatic nitrogens is 4. The number of nitrogens with one attached hydrogen (secondary N) is 1. The molecule has 23 heavy (non-hydrogen) atoms. The summed E-state index contributed by atoms with van der Waals surface area (Å²) < 4.78 is 1.70. The highest BCUT2D eigenvalue weighted by atomic mass is 35.5. The van der Waals surface area contributed by atoms with Crippen molar-refractivity contribution in [3.8, 4) is 17.3 Å². The Balaban J connectivity index is 2.32. The van der Waals surface area contributed by atoms with Crippen molar-refractivity contribution in [2.24, 2.45) is 7.05 Å². The molecule has 0 aliphatic heterocycles. The van der Waals surface area contributed by atoms with E-state index >= 15 is 0 Å². The Morgan fingerprint density at radius 2 is 2.00 bits per heavy atom. The van der Waals surface area contributed by atoms with E-state index in [9.17, 15) is 0 Å². The van der Waals surface area contributed by atoms with Crippen LogP contribution in [0.25, 0.3) is 22.3 Å². The average molecular weight is 325 g/mol. The Labute approximate surface area is 137 Å². The number of nitrogens with two attached hydrogens (primary N) is 1. The molecule has 0 atom stereocenters. The lowest BCUT2D eigenvalue weighted by Gasteiger charge is -1.97. The SMILES string of the molecule is Cn1nc(-c2ccc(C#N)cc2)c2ccnc(Cl)cc(N)[nH]c21. The zero-order chi connectivity index (χ0) is 16.4. The van der Waals surface area contributed by atoms with E-state index in [0.717, 1.165) is 22.3 Å². The van der Waals surface area contributed by atoms with E-state index in [1.165, 1.54) is 6.07 Å². The number of nitriles is 1. The summed E-state index contributed by atoms with van der Waals surface area (Å²) in [5.74, 6) is 0.373. The predicted octanol–water partition coefficient (Wildman–Crippen LogP) is 3.20. The van der Waals surface area contributed by atoms with Crippen molar-refractivity contribution in [2.45, 2.75) is 0 Å². The van der Waals surface area contributed by atoms with Crippen molar-refractivity contribution in [1.29, 1.82) is 5.26 Å². The number of nitrogen functional groups attached to an aromatic ring is 1. The first-order chi connectivity index (χ1) is 11.1. The van der Waals surface area contributed by atoms with Crippen LogP contribution >= 0.6 is 11.6 Å². The molecule has 0 radical (unpaired) electrons. The van der Waals surface area contributed by atoms with Crippen LogP contribution in [0.15, 0.2) is 42.6 Å². The van der Waals surface area contributed by atoms with Crippen molar-refractivity contribution in [3.05, 3.63) is 53.3 Å². The maximum absolute atomic E-state index is 8.91. The smallest absolute Gasteiger partial charge is 0.137 e. The molecular weight excluding hydrogens is 312 g/mol. The second kappa shape index (κ2) is 5.99. The minimum atomic E-state index is 0.284. The maximum atomic E-state index is 8.91. The number of hydrogen-bond donors (Lipinski definition) is 2. The Kier molecular flexibility index (Phi) is 3.87. The molecule has 0 saturated carbocycles. The Hall–Kier alpha value is -3.04. The molecule has 0 fully saturated rings. The number of aryl methyl sites for hydroxylation is 1. The second-order valence-electron chi connectivity index (χ2n) is 4.92. The third-order valence-corrected chi connectivity index (χ3v) is 3.55. The van der Waals surface area contributed by atoms with Crippen molar-refractivity contribution in [2.75, 3.05) is 5.73 Å². The van der Waals surface area contributed by atoms with E-state index in [2.05, 4.69) is 21.1 Å². The highest BCUT2D eigenvalue weighted by Crippen LogP contribution is 2.26. The lowest BCUT2D eigenvalue weighted by atomic mass is 10.1. The summed E-state index contributed by atoms with van der Waals surface area (Å²) in [5, 5.41) is 14.6. The average Bonchev–Trinajstić information content (AvgIpc) is 2.86. The van der Waals surface area contributed by atoms with Crippen LogP contribution in [-0.4, -0.2) is 19.7 Å². The largest absolute Gasteiger partial charge is 0.385 e. The monoisotopic (exact) mass is 324 g/mol. The van der Waals surface area contributed by atoms with Crippen LogP contribution < -0.4 is 5.73 Å². The Morgan fingerprint density at radius 3 is 2.70 bits per heavy atom. The number of fused-ring (bicyclic) bond motifs is 1. The van der Waals surface area contributed by atoms with E-state index < -0.39 is 0 Å². The summed E-state index contributed by atoms with van der Waals surface area (Å²) in [4.78, 5) is 7.17. The van der Waals surface area contributed by atoms with E-state index in [1.807, 2.05) is 25.2 Å². The number of anilines is 1. The normalized spacial score (nSPS) is 10.3. The quantitative estimate of drug-likeness (QED) is 0.718. The highest BCUT2D eigenvalue weighted by Gasteiger charge is 2.10. The summed E-state index contributed by atoms with van der Waals surface area (Å²) in [6, 6.07) is 12.7. The van der Waals surface area contributed by atoms with Gasteiger partial charge in [0.25, 0.3) is 0 Å². The third kappa shape index (κ3) is 2.96.